The summed E-state index contributed by atoms with van der Waals surface area (Å²) in [5, 5.41) is 15.8. The Kier molecular flexibility index (Phi) is 14.3. The van der Waals surface area contributed by atoms with Crippen LogP contribution in [0.3, 0.4) is 0 Å². The summed E-state index contributed by atoms with van der Waals surface area (Å²) in [5.41, 5.74) is 0.215. The highest BCUT2D eigenvalue weighted by Crippen LogP contribution is 2.42. The van der Waals surface area contributed by atoms with Crippen molar-refractivity contribution in [2.45, 2.75) is 45.1 Å². The van der Waals surface area contributed by atoms with E-state index in [1.165, 1.54) is 30.0 Å². The number of anilines is 2. The van der Waals surface area contributed by atoms with Gasteiger partial charge < -0.3 is 34.6 Å². The van der Waals surface area contributed by atoms with Crippen LogP contribution in [0.2, 0.25) is 5.02 Å². The van der Waals surface area contributed by atoms with E-state index in [4.69, 9.17) is 21.1 Å². The van der Waals surface area contributed by atoms with Crippen molar-refractivity contribution in [3.05, 3.63) is 75.8 Å². The minimum Gasteiger partial charge on any atom is -0.507 e. The highest BCUT2D eigenvalue weighted by atomic mass is 35.5. The quantitative estimate of drug-likeness (QED) is 0.102. The topological polar surface area (TPSA) is 204 Å². The lowest BCUT2D eigenvalue weighted by molar-refractivity contribution is -0.136. The third-order valence-electron chi connectivity index (χ3n) is 11.4. The number of benzene rings is 3. The van der Waals surface area contributed by atoms with Gasteiger partial charge in [-0.25, -0.2) is 13.8 Å². The van der Waals surface area contributed by atoms with Gasteiger partial charge in [-0.2, -0.15) is 4.98 Å². The number of nitrogens with zero attached hydrogens (tertiary/aromatic N) is 6. The average molecular weight is 905 g/mol. The number of aryl methyl sites for hydroxylation is 1. The molecule has 0 bridgehead atoms. The number of piperazine rings is 1. The molecule has 3 N–H and O–H groups in total. The molecule has 64 heavy (non-hydrogen) atoms. The Morgan fingerprint density at radius 1 is 0.953 bits per heavy atom. The summed E-state index contributed by atoms with van der Waals surface area (Å²) in [5.74, 6) is -4.49. The molecule has 7 rings (SSSR count). The number of phenolic OH excluding ortho intramolecular Hbond substituents is 1. The number of nitrogens with one attached hydrogen (secondary N) is 2. The molecule has 4 aromatic rings. The predicted molar refractivity (Wildman–Crippen MR) is 230 cm³/mol. The molecule has 2 fully saturated rings. The number of carbonyl (C=O) groups is 6. The molecule has 3 aliphatic heterocycles. The number of phenols is 1. The number of aromatic nitrogens is 2. The Labute approximate surface area is 371 Å². The van der Waals surface area contributed by atoms with Gasteiger partial charge >= 0.3 is 0 Å². The van der Waals surface area contributed by atoms with E-state index in [0.717, 1.165) is 11.0 Å². The largest absolute Gasteiger partial charge is 0.507 e. The van der Waals surface area contributed by atoms with Crippen LogP contribution in [0.1, 0.15) is 58.9 Å². The molecule has 1 unspecified atom stereocenters. The summed E-state index contributed by atoms with van der Waals surface area (Å²) in [6, 6.07) is 9.00. The van der Waals surface area contributed by atoms with E-state index in [1.807, 2.05) is 4.90 Å². The highest BCUT2D eigenvalue weighted by molar-refractivity contribution is 6.34. The number of likely N-dealkylation sites (N-methyl/N-ethyl adjacent to an activating group) is 1. The normalized spacial score (nSPS) is 16.4. The third-order valence-corrected chi connectivity index (χ3v) is 11.7. The summed E-state index contributed by atoms with van der Waals surface area (Å²) in [6.07, 6.45) is 1.16. The van der Waals surface area contributed by atoms with E-state index in [-0.39, 0.29) is 96.0 Å². The number of hydrogen-bond donors (Lipinski definition) is 3. The molecular weight excluding hydrogens is 858 g/mol. The molecule has 4 heterocycles. The fraction of sp³-hybridized carbons (Fsp3) is 0.409. The van der Waals surface area contributed by atoms with Gasteiger partial charge in [0.2, 0.25) is 29.6 Å². The maximum absolute atomic E-state index is 16.4. The van der Waals surface area contributed by atoms with Crippen molar-refractivity contribution in [3.63, 3.8) is 0 Å². The molecule has 20 heteroatoms. The number of amides is 6. The second-order valence-electron chi connectivity index (χ2n) is 15.5. The zero-order valence-electron chi connectivity index (χ0n) is 35.3. The van der Waals surface area contributed by atoms with Crippen molar-refractivity contribution in [1.82, 2.24) is 30.0 Å². The van der Waals surface area contributed by atoms with E-state index < -0.39 is 52.6 Å². The second kappa shape index (κ2) is 20.0. The van der Waals surface area contributed by atoms with Gasteiger partial charge in [0.1, 0.15) is 28.9 Å². The van der Waals surface area contributed by atoms with Crippen LogP contribution in [0.15, 0.2) is 42.5 Å². The molecule has 0 radical (unpaired) electrons. The average Bonchev–Trinajstić information content (AvgIpc) is 3.52. The minimum absolute atomic E-state index is 0.00732. The number of aromatic hydroxyl groups is 1. The number of piperidine rings is 1. The molecule has 3 aromatic carbocycles. The fourth-order valence-electron chi connectivity index (χ4n) is 8.00. The summed E-state index contributed by atoms with van der Waals surface area (Å²) in [6.45, 7) is 4.59. The lowest BCUT2D eigenvalue weighted by atomic mass is 9.99. The van der Waals surface area contributed by atoms with Crippen LogP contribution < -0.4 is 15.5 Å². The summed E-state index contributed by atoms with van der Waals surface area (Å²) in [4.78, 5) is 90.5. The smallest absolute Gasteiger partial charge is 0.262 e. The third kappa shape index (κ3) is 9.75. The zero-order chi connectivity index (χ0) is 45.7. The maximum atomic E-state index is 16.4. The minimum atomic E-state index is -1.03. The van der Waals surface area contributed by atoms with Crippen LogP contribution >= 0.6 is 11.6 Å². The van der Waals surface area contributed by atoms with Gasteiger partial charge in [-0.3, -0.25) is 39.0 Å². The fourth-order valence-corrected chi connectivity index (χ4v) is 8.29. The zero-order valence-corrected chi connectivity index (χ0v) is 36.0. The predicted octanol–water partition coefficient (Wildman–Crippen LogP) is 3.93. The molecule has 338 valence electrons. The molecule has 3 aliphatic rings. The van der Waals surface area contributed by atoms with Crippen LogP contribution in [0.5, 0.6) is 5.75 Å². The Morgan fingerprint density at radius 2 is 1.69 bits per heavy atom. The Bertz CT molecular complexity index is 2480. The molecular formula is C44H47ClF2N8O9. The second-order valence-corrected chi connectivity index (χ2v) is 16.0. The van der Waals surface area contributed by atoms with E-state index in [1.54, 1.807) is 30.1 Å². The summed E-state index contributed by atoms with van der Waals surface area (Å²) < 4.78 is 42.7. The highest BCUT2D eigenvalue weighted by Gasteiger charge is 2.45. The van der Waals surface area contributed by atoms with Crippen LogP contribution in [-0.4, -0.2) is 144 Å². The van der Waals surface area contributed by atoms with Gasteiger partial charge in [-0.05, 0) is 49.1 Å². The number of fused-ring (bicyclic) bond motifs is 2. The molecule has 1 aromatic heterocycles. The van der Waals surface area contributed by atoms with E-state index in [2.05, 4.69) is 20.6 Å². The Hall–Kier alpha value is -6.31. The van der Waals surface area contributed by atoms with E-state index >= 15 is 4.39 Å². The maximum Gasteiger partial charge on any atom is 0.262 e. The molecule has 1 atom stereocenters. The number of ether oxygens (including phenoxy) is 2. The van der Waals surface area contributed by atoms with E-state index in [9.17, 15) is 38.3 Å². The summed E-state index contributed by atoms with van der Waals surface area (Å²) >= 11 is 6.55. The number of imide groups is 2. The molecule has 0 spiro atoms. The van der Waals surface area contributed by atoms with Crippen molar-refractivity contribution in [3.8, 4) is 16.9 Å². The standard InChI is InChI=1S/C44H47ClF2N8O9/c1-25(56)53-15-17-54(18-16-53)40-28-24-29(45)36(37-30(46)9-4-10-32(37)57)38(47)39(28)50-44(51-40)48-14-13-34(59)52(2)19-21-64-23-22-63-20-5-7-26-6-3-8-27-35(26)43(62)55(42(27)61)31-11-12-33(58)49-41(31)60/h3-4,6,8-10,24,31,57H,5,7,11-23H2,1-2H3,(H,48,50,51)(H,49,58,60). The Morgan fingerprint density at radius 3 is 2.41 bits per heavy atom. The van der Waals surface area contributed by atoms with Gasteiger partial charge in [0.25, 0.3) is 11.8 Å². The summed E-state index contributed by atoms with van der Waals surface area (Å²) in [7, 11) is 1.63. The van der Waals surface area contributed by atoms with Crippen molar-refractivity contribution in [2.24, 2.45) is 0 Å². The molecule has 17 nitrogen and oxygen atoms in total. The van der Waals surface area contributed by atoms with Crippen LogP contribution in [0, 0.1) is 11.6 Å². The van der Waals surface area contributed by atoms with Crippen molar-refractivity contribution >= 4 is 69.7 Å². The molecule has 6 amide bonds. The number of halogens is 3. The first kappa shape index (κ1) is 45.7. The number of rotatable bonds is 17. The lowest BCUT2D eigenvalue weighted by Crippen LogP contribution is -2.54. The van der Waals surface area contributed by atoms with Crippen LogP contribution in [-0.2, 0) is 35.1 Å². The van der Waals surface area contributed by atoms with Crippen molar-refractivity contribution in [1.29, 1.82) is 0 Å². The van der Waals surface area contributed by atoms with Crippen LogP contribution in [0.4, 0.5) is 20.5 Å². The van der Waals surface area contributed by atoms with Gasteiger partial charge in [0, 0.05) is 83.6 Å². The first-order chi connectivity index (χ1) is 30.7. The lowest BCUT2D eigenvalue weighted by Gasteiger charge is -2.35. The SMILES string of the molecule is CC(=O)N1CCN(c2nc(NCCC(=O)N(C)CCOCCOCCCc3cccc4c3C(=O)N(C3CCC(=O)NC3=O)C4=O)nc3c(F)c(-c4c(O)cccc4F)c(Cl)cc23)CC1. The number of carbonyl (C=O) groups excluding carboxylic acids is 6. The van der Waals surface area contributed by atoms with Crippen molar-refractivity contribution < 1.29 is 52.1 Å². The first-order valence-corrected chi connectivity index (χ1v) is 21.3. The van der Waals surface area contributed by atoms with Crippen molar-refractivity contribution in [2.75, 3.05) is 83.0 Å². The monoisotopic (exact) mass is 904 g/mol. The van der Waals surface area contributed by atoms with Gasteiger partial charge in [-0.1, -0.05) is 29.8 Å². The molecule has 0 aliphatic carbocycles. The van der Waals surface area contributed by atoms with Crippen LogP contribution in [0.25, 0.3) is 22.0 Å². The van der Waals surface area contributed by atoms with Gasteiger partial charge in [-0.15, -0.1) is 0 Å². The van der Waals surface area contributed by atoms with Gasteiger partial charge in [0.05, 0.1) is 41.5 Å². The van der Waals surface area contributed by atoms with E-state index in [0.29, 0.717) is 63.6 Å². The number of hydrogen-bond acceptors (Lipinski definition) is 13. The van der Waals surface area contributed by atoms with Gasteiger partial charge in [0.15, 0.2) is 5.82 Å². The Balaban J connectivity index is 0.870. The first-order valence-electron chi connectivity index (χ1n) is 20.9. The molecule has 0 saturated carbocycles. The molecule has 2 saturated heterocycles.